The van der Waals surface area contributed by atoms with E-state index in [4.69, 9.17) is 5.14 Å². The molecule has 0 fully saturated rings. The third-order valence-corrected chi connectivity index (χ3v) is 4.87. The summed E-state index contributed by atoms with van der Waals surface area (Å²) in [5, 5.41) is 18.9. The molecular formula is C16H11BrN4O2S. The minimum Gasteiger partial charge on any atom is -0.238 e. The van der Waals surface area contributed by atoms with Crippen molar-refractivity contribution in [1.82, 2.24) is 9.78 Å². The minimum absolute atomic E-state index is 0.144. The van der Waals surface area contributed by atoms with Crippen LogP contribution in [0.1, 0.15) is 5.56 Å². The van der Waals surface area contributed by atoms with Gasteiger partial charge in [-0.2, -0.15) is 10.4 Å². The molecule has 0 aliphatic heterocycles. The van der Waals surface area contributed by atoms with Crippen molar-refractivity contribution in [2.24, 2.45) is 5.14 Å². The molecule has 2 aromatic carbocycles. The molecule has 1 aromatic heterocycles. The standard InChI is InChI=1S/C16H11BrN4O2S/c17-14-4-2-11(3-5-14)12-8-13(10-18)16(21-7-1-6-20-21)15(9-12)24(19,22)23/h1-9H,(H2,19,22,23). The van der Waals surface area contributed by atoms with Gasteiger partial charge in [-0.3, -0.25) is 0 Å². The molecule has 3 rings (SSSR count). The van der Waals surface area contributed by atoms with Gasteiger partial charge in [-0.05, 0) is 41.5 Å². The van der Waals surface area contributed by atoms with Gasteiger partial charge in [0, 0.05) is 16.9 Å². The van der Waals surface area contributed by atoms with Crippen molar-refractivity contribution in [2.75, 3.05) is 0 Å². The summed E-state index contributed by atoms with van der Waals surface area (Å²) in [7, 11) is -4.05. The van der Waals surface area contributed by atoms with Crippen LogP contribution in [0.15, 0.2) is 64.2 Å². The molecule has 0 bridgehead atoms. The monoisotopic (exact) mass is 402 g/mol. The van der Waals surface area contributed by atoms with Crippen LogP contribution in [0.2, 0.25) is 0 Å². The topological polar surface area (TPSA) is 102 Å². The zero-order valence-electron chi connectivity index (χ0n) is 12.2. The van der Waals surface area contributed by atoms with E-state index in [1.165, 1.54) is 16.9 Å². The Balaban J connectivity index is 2.33. The summed E-state index contributed by atoms with van der Waals surface area (Å²) in [5.41, 5.74) is 1.67. The quantitative estimate of drug-likeness (QED) is 0.727. The van der Waals surface area contributed by atoms with Crippen LogP contribution in [0.25, 0.3) is 16.8 Å². The Bertz CT molecular complexity index is 1040. The van der Waals surface area contributed by atoms with Gasteiger partial charge in [0.05, 0.1) is 5.56 Å². The van der Waals surface area contributed by atoms with Crippen LogP contribution < -0.4 is 5.14 Å². The number of nitriles is 1. The van der Waals surface area contributed by atoms with Crippen molar-refractivity contribution in [2.45, 2.75) is 4.90 Å². The Morgan fingerprint density at radius 2 is 1.88 bits per heavy atom. The van der Waals surface area contributed by atoms with Crippen LogP contribution >= 0.6 is 15.9 Å². The highest BCUT2D eigenvalue weighted by Gasteiger charge is 2.21. The largest absolute Gasteiger partial charge is 0.240 e. The minimum atomic E-state index is -4.05. The molecule has 0 spiro atoms. The SMILES string of the molecule is N#Cc1cc(-c2ccc(Br)cc2)cc(S(N)(=O)=O)c1-n1cccn1. The molecule has 0 saturated heterocycles. The predicted octanol–water partition coefficient (Wildman–Crippen LogP) is 2.82. The van der Waals surface area contributed by atoms with E-state index in [-0.39, 0.29) is 16.1 Å². The van der Waals surface area contributed by atoms with Crippen molar-refractivity contribution in [1.29, 1.82) is 5.26 Å². The van der Waals surface area contributed by atoms with E-state index in [0.29, 0.717) is 5.56 Å². The van der Waals surface area contributed by atoms with Crippen molar-refractivity contribution < 1.29 is 8.42 Å². The van der Waals surface area contributed by atoms with Gasteiger partial charge >= 0.3 is 0 Å². The van der Waals surface area contributed by atoms with Crippen LogP contribution in [-0.4, -0.2) is 18.2 Å². The fourth-order valence-electron chi connectivity index (χ4n) is 2.36. The highest BCUT2D eigenvalue weighted by Crippen LogP contribution is 2.30. The lowest BCUT2D eigenvalue weighted by molar-refractivity contribution is 0.596. The number of nitrogens with two attached hydrogens (primary N) is 1. The number of aromatic nitrogens is 2. The number of sulfonamides is 1. The van der Waals surface area contributed by atoms with Gasteiger partial charge in [0.1, 0.15) is 16.7 Å². The van der Waals surface area contributed by atoms with E-state index < -0.39 is 10.0 Å². The summed E-state index contributed by atoms with van der Waals surface area (Å²) in [6.45, 7) is 0. The second-order valence-corrected chi connectivity index (χ2v) is 7.43. The van der Waals surface area contributed by atoms with E-state index in [9.17, 15) is 13.7 Å². The molecule has 24 heavy (non-hydrogen) atoms. The number of hydrogen-bond acceptors (Lipinski definition) is 4. The second-order valence-electron chi connectivity index (χ2n) is 4.98. The molecule has 3 aromatic rings. The first-order chi connectivity index (χ1) is 11.4. The van der Waals surface area contributed by atoms with Crippen molar-refractivity contribution in [3.63, 3.8) is 0 Å². The van der Waals surface area contributed by atoms with Gasteiger partial charge < -0.3 is 0 Å². The third-order valence-electron chi connectivity index (χ3n) is 3.41. The van der Waals surface area contributed by atoms with Gasteiger partial charge in [0.15, 0.2) is 0 Å². The van der Waals surface area contributed by atoms with Crippen LogP contribution in [0.3, 0.4) is 0 Å². The molecule has 8 heteroatoms. The number of halogens is 1. The fraction of sp³-hybridized carbons (Fsp3) is 0. The summed E-state index contributed by atoms with van der Waals surface area (Å²) in [6, 6.07) is 14.0. The normalized spacial score (nSPS) is 11.2. The van der Waals surface area contributed by atoms with Crippen LogP contribution in [0, 0.1) is 11.3 Å². The summed E-state index contributed by atoms with van der Waals surface area (Å²) in [4.78, 5) is -0.150. The van der Waals surface area contributed by atoms with Crippen LogP contribution in [0.4, 0.5) is 0 Å². The Kier molecular flexibility index (Phi) is 4.24. The highest BCUT2D eigenvalue weighted by atomic mass is 79.9. The van der Waals surface area contributed by atoms with Crippen molar-refractivity contribution >= 4 is 26.0 Å². The first kappa shape index (κ1) is 16.4. The molecule has 0 aliphatic carbocycles. The molecular weight excluding hydrogens is 392 g/mol. The van der Waals surface area contributed by atoms with Crippen LogP contribution in [-0.2, 0) is 10.0 Å². The predicted molar refractivity (Wildman–Crippen MR) is 92.8 cm³/mol. The Hall–Kier alpha value is -2.47. The van der Waals surface area contributed by atoms with Gasteiger partial charge in [-0.15, -0.1) is 0 Å². The molecule has 120 valence electrons. The lowest BCUT2D eigenvalue weighted by Gasteiger charge is -2.13. The molecule has 6 nitrogen and oxygen atoms in total. The van der Waals surface area contributed by atoms with Gasteiger partial charge in [-0.25, -0.2) is 18.2 Å². The highest BCUT2D eigenvalue weighted by molar-refractivity contribution is 9.10. The van der Waals surface area contributed by atoms with E-state index in [0.717, 1.165) is 10.0 Å². The molecule has 0 unspecified atom stereocenters. The fourth-order valence-corrected chi connectivity index (χ4v) is 3.38. The Labute approximate surface area is 147 Å². The summed E-state index contributed by atoms with van der Waals surface area (Å²) < 4.78 is 26.4. The Morgan fingerprint density at radius 3 is 2.42 bits per heavy atom. The smallest absolute Gasteiger partial charge is 0.238 e. The second kappa shape index (κ2) is 6.20. The average molecular weight is 403 g/mol. The van der Waals surface area contributed by atoms with E-state index in [1.807, 2.05) is 30.3 Å². The summed E-state index contributed by atoms with van der Waals surface area (Å²) >= 11 is 3.35. The maximum atomic E-state index is 12.1. The molecule has 1 heterocycles. The van der Waals surface area contributed by atoms with Crippen molar-refractivity contribution in [3.8, 4) is 22.9 Å². The number of rotatable bonds is 3. The van der Waals surface area contributed by atoms with E-state index >= 15 is 0 Å². The zero-order chi connectivity index (χ0) is 17.3. The van der Waals surface area contributed by atoms with E-state index in [1.54, 1.807) is 18.3 Å². The molecule has 0 saturated carbocycles. The van der Waals surface area contributed by atoms with Gasteiger partial charge in [0.25, 0.3) is 0 Å². The average Bonchev–Trinajstić information content (AvgIpc) is 3.07. The van der Waals surface area contributed by atoms with Gasteiger partial charge in [-0.1, -0.05) is 28.1 Å². The molecule has 0 amide bonds. The molecule has 0 radical (unpaired) electrons. The Morgan fingerprint density at radius 1 is 1.17 bits per heavy atom. The molecule has 2 N–H and O–H groups in total. The van der Waals surface area contributed by atoms with E-state index in [2.05, 4.69) is 21.0 Å². The number of benzene rings is 2. The molecule has 0 atom stereocenters. The first-order valence-electron chi connectivity index (χ1n) is 6.77. The lowest BCUT2D eigenvalue weighted by Crippen LogP contribution is -2.17. The van der Waals surface area contributed by atoms with Crippen LogP contribution in [0.5, 0.6) is 0 Å². The zero-order valence-corrected chi connectivity index (χ0v) is 14.6. The number of nitrogens with zero attached hydrogens (tertiary/aromatic N) is 3. The summed E-state index contributed by atoms with van der Waals surface area (Å²) in [5.74, 6) is 0. The first-order valence-corrected chi connectivity index (χ1v) is 9.11. The van der Waals surface area contributed by atoms with Gasteiger partial charge in [0.2, 0.25) is 10.0 Å². The maximum absolute atomic E-state index is 12.1. The lowest BCUT2D eigenvalue weighted by atomic mass is 10.0. The maximum Gasteiger partial charge on any atom is 0.240 e. The molecule has 0 aliphatic rings. The number of hydrogen-bond donors (Lipinski definition) is 1. The van der Waals surface area contributed by atoms with Crippen molar-refractivity contribution in [3.05, 3.63) is 64.9 Å². The number of primary sulfonamides is 1. The third kappa shape index (κ3) is 3.10. The summed E-state index contributed by atoms with van der Waals surface area (Å²) in [6.07, 6.45) is 3.06.